The van der Waals surface area contributed by atoms with Crippen LogP contribution in [0, 0.1) is 0 Å². The fourth-order valence-electron chi connectivity index (χ4n) is 3.17. The lowest BCUT2D eigenvalue weighted by molar-refractivity contribution is -0.879. The van der Waals surface area contributed by atoms with Gasteiger partial charge in [-0.2, -0.15) is 0 Å². The molecule has 0 saturated heterocycles. The molecule has 0 amide bonds. The van der Waals surface area contributed by atoms with Gasteiger partial charge in [0, 0.05) is 0 Å². The molecule has 1 unspecified atom stereocenters. The van der Waals surface area contributed by atoms with E-state index in [1.165, 1.54) is 109 Å². The largest absolute Gasteiger partial charge is 0.337 e. The lowest BCUT2D eigenvalue weighted by Gasteiger charge is -2.12. The van der Waals surface area contributed by atoms with E-state index in [0.29, 0.717) is 0 Å². The number of hydrogen-bond acceptors (Lipinski definition) is 0. The summed E-state index contributed by atoms with van der Waals surface area (Å²) in [6, 6.07) is 0. The Hall–Kier alpha value is -0.0400. The smallest absolute Gasteiger partial charge is 0.0768 e. The summed E-state index contributed by atoms with van der Waals surface area (Å²) >= 11 is 0. The first-order chi connectivity index (χ1) is 10.3. The van der Waals surface area contributed by atoms with Gasteiger partial charge in [-0.05, 0) is 19.3 Å². The van der Waals surface area contributed by atoms with Crippen molar-refractivity contribution in [2.45, 2.75) is 110 Å². The molecule has 0 aliphatic heterocycles. The first kappa shape index (κ1) is 21.0. The fraction of sp³-hybridized carbons (Fsp3) is 1.00. The van der Waals surface area contributed by atoms with Crippen molar-refractivity contribution >= 4 is 0 Å². The monoisotopic (exact) mass is 298 g/mol. The van der Waals surface area contributed by atoms with Crippen molar-refractivity contribution in [3.63, 3.8) is 0 Å². The molecule has 0 rings (SSSR count). The summed E-state index contributed by atoms with van der Waals surface area (Å²) in [4.78, 5) is 1.72. The van der Waals surface area contributed by atoms with Crippen molar-refractivity contribution in [2.75, 3.05) is 20.1 Å². The second-order valence-corrected chi connectivity index (χ2v) is 7.05. The second kappa shape index (κ2) is 18.0. The molecular formula is C20H44N+. The van der Waals surface area contributed by atoms with Gasteiger partial charge in [0.05, 0.1) is 20.1 Å². The van der Waals surface area contributed by atoms with Crippen LogP contribution in [0.15, 0.2) is 0 Å². The van der Waals surface area contributed by atoms with Crippen molar-refractivity contribution in [1.29, 1.82) is 0 Å². The minimum atomic E-state index is 1.32. The molecule has 128 valence electrons. The van der Waals surface area contributed by atoms with Gasteiger partial charge in [0.2, 0.25) is 0 Å². The summed E-state index contributed by atoms with van der Waals surface area (Å²) in [5.41, 5.74) is 0. The van der Waals surface area contributed by atoms with Gasteiger partial charge in [-0.25, -0.2) is 0 Å². The molecule has 0 aromatic heterocycles. The molecule has 21 heavy (non-hydrogen) atoms. The van der Waals surface area contributed by atoms with Gasteiger partial charge >= 0.3 is 0 Å². The summed E-state index contributed by atoms with van der Waals surface area (Å²) in [5.74, 6) is 0. The van der Waals surface area contributed by atoms with Gasteiger partial charge < -0.3 is 4.90 Å². The summed E-state index contributed by atoms with van der Waals surface area (Å²) < 4.78 is 0. The van der Waals surface area contributed by atoms with E-state index in [1.54, 1.807) is 4.90 Å². The summed E-state index contributed by atoms with van der Waals surface area (Å²) in [5, 5.41) is 0. The predicted octanol–water partition coefficient (Wildman–Crippen LogP) is 5.39. The zero-order valence-corrected chi connectivity index (χ0v) is 15.5. The Bertz CT molecular complexity index is 179. The second-order valence-electron chi connectivity index (χ2n) is 7.05. The maximum atomic E-state index is 2.34. The molecule has 1 heteroatoms. The lowest BCUT2D eigenvalue weighted by Crippen LogP contribution is -3.08. The van der Waals surface area contributed by atoms with Crippen LogP contribution in [-0.4, -0.2) is 20.1 Å². The van der Waals surface area contributed by atoms with Crippen molar-refractivity contribution in [2.24, 2.45) is 0 Å². The van der Waals surface area contributed by atoms with E-state index < -0.39 is 0 Å². The number of nitrogens with one attached hydrogen (secondary N) is 1. The zero-order valence-electron chi connectivity index (χ0n) is 15.5. The molecular weight excluding hydrogens is 254 g/mol. The molecule has 0 saturated carbocycles. The third kappa shape index (κ3) is 17.9. The number of hydrogen-bond donors (Lipinski definition) is 1. The zero-order chi connectivity index (χ0) is 15.6. The van der Waals surface area contributed by atoms with E-state index in [2.05, 4.69) is 20.9 Å². The first-order valence-corrected chi connectivity index (χ1v) is 10.1. The summed E-state index contributed by atoms with van der Waals surface area (Å²) in [7, 11) is 2.34. The maximum absolute atomic E-state index is 2.34. The molecule has 0 radical (unpaired) electrons. The van der Waals surface area contributed by atoms with E-state index in [-0.39, 0.29) is 0 Å². The molecule has 0 fully saturated rings. The minimum absolute atomic E-state index is 1.32. The topological polar surface area (TPSA) is 4.44 Å². The average Bonchev–Trinajstić information content (AvgIpc) is 2.48. The van der Waals surface area contributed by atoms with Crippen LogP contribution >= 0.6 is 0 Å². The van der Waals surface area contributed by atoms with E-state index in [9.17, 15) is 0 Å². The molecule has 1 N–H and O–H groups in total. The normalized spacial score (nSPS) is 12.7. The van der Waals surface area contributed by atoms with Gasteiger partial charge in [-0.1, -0.05) is 90.9 Å². The van der Waals surface area contributed by atoms with Gasteiger partial charge in [0.25, 0.3) is 0 Å². The Morgan fingerprint density at radius 1 is 0.429 bits per heavy atom. The highest BCUT2D eigenvalue weighted by Crippen LogP contribution is 2.12. The molecule has 0 spiro atoms. The van der Waals surface area contributed by atoms with Crippen LogP contribution in [0.3, 0.4) is 0 Å². The summed E-state index contributed by atoms with van der Waals surface area (Å²) in [6.45, 7) is 7.31. The molecule has 1 nitrogen and oxygen atoms in total. The highest BCUT2D eigenvalue weighted by molar-refractivity contribution is 4.49. The highest BCUT2D eigenvalue weighted by atomic mass is 15.1. The minimum Gasteiger partial charge on any atom is -0.337 e. The first-order valence-electron chi connectivity index (χ1n) is 10.1. The fourth-order valence-corrected chi connectivity index (χ4v) is 3.17. The molecule has 0 aliphatic rings. The Morgan fingerprint density at radius 2 is 0.810 bits per heavy atom. The Labute approximate surface area is 135 Å². The molecule has 0 bridgehead atoms. The third-order valence-corrected chi connectivity index (χ3v) is 4.63. The predicted molar refractivity (Wildman–Crippen MR) is 97.2 cm³/mol. The molecule has 0 aromatic carbocycles. The third-order valence-electron chi connectivity index (χ3n) is 4.63. The standard InChI is InChI=1S/C20H43N/c1-4-6-7-8-9-10-11-12-13-14-15-16-17-18-20-21(3)19-5-2/h4-20H2,1-3H3/p+1. The van der Waals surface area contributed by atoms with Crippen molar-refractivity contribution in [1.82, 2.24) is 0 Å². The van der Waals surface area contributed by atoms with Gasteiger partial charge in [-0.15, -0.1) is 0 Å². The number of rotatable bonds is 17. The van der Waals surface area contributed by atoms with Crippen LogP contribution in [0.1, 0.15) is 110 Å². The quantitative estimate of drug-likeness (QED) is 0.343. The van der Waals surface area contributed by atoms with Crippen LogP contribution in [0.2, 0.25) is 0 Å². The van der Waals surface area contributed by atoms with Crippen molar-refractivity contribution in [3.8, 4) is 0 Å². The Morgan fingerprint density at radius 3 is 1.19 bits per heavy atom. The Balaban J connectivity index is 2.99. The highest BCUT2D eigenvalue weighted by Gasteiger charge is 1.99. The van der Waals surface area contributed by atoms with E-state index >= 15 is 0 Å². The van der Waals surface area contributed by atoms with Gasteiger partial charge in [0.1, 0.15) is 0 Å². The average molecular weight is 299 g/mol. The SMILES string of the molecule is CCCCCCCCCCCCCCCC[NH+](C)CCC. The van der Waals surface area contributed by atoms with E-state index in [4.69, 9.17) is 0 Å². The maximum Gasteiger partial charge on any atom is 0.0768 e. The lowest BCUT2D eigenvalue weighted by atomic mass is 10.0. The van der Waals surface area contributed by atoms with Crippen molar-refractivity contribution in [3.05, 3.63) is 0 Å². The van der Waals surface area contributed by atoms with Crippen LogP contribution in [0.25, 0.3) is 0 Å². The van der Waals surface area contributed by atoms with Crippen LogP contribution < -0.4 is 4.90 Å². The van der Waals surface area contributed by atoms with Gasteiger partial charge in [0.15, 0.2) is 0 Å². The summed E-state index contributed by atoms with van der Waals surface area (Å²) in [6.07, 6.45) is 21.8. The number of unbranched alkanes of at least 4 members (excludes halogenated alkanes) is 13. The number of quaternary nitrogens is 1. The van der Waals surface area contributed by atoms with Crippen LogP contribution in [-0.2, 0) is 0 Å². The van der Waals surface area contributed by atoms with Crippen LogP contribution in [0.5, 0.6) is 0 Å². The molecule has 0 aliphatic carbocycles. The molecule has 0 heterocycles. The van der Waals surface area contributed by atoms with E-state index in [0.717, 1.165) is 0 Å². The Kier molecular flexibility index (Phi) is 18.0. The molecule has 1 atom stereocenters. The van der Waals surface area contributed by atoms with Gasteiger partial charge in [-0.3, -0.25) is 0 Å². The van der Waals surface area contributed by atoms with E-state index in [1.807, 2.05) is 0 Å². The molecule has 0 aromatic rings. The van der Waals surface area contributed by atoms with Crippen LogP contribution in [0.4, 0.5) is 0 Å². The van der Waals surface area contributed by atoms with Crippen molar-refractivity contribution < 1.29 is 4.90 Å².